The third-order valence-corrected chi connectivity index (χ3v) is 9.77. The van der Waals surface area contributed by atoms with E-state index in [4.69, 9.17) is 34.4 Å². The quantitative estimate of drug-likeness (QED) is 0.178. The molecule has 6 rings (SSSR count). The predicted molar refractivity (Wildman–Crippen MR) is 156 cm³/mol. The van der Waals surface area contributed by atoms with Crippen molar-refractivity contribution in [2.45, 2.75) is 52.1 Å². The van der Waals surface area contributed by atoms with E-state index in [-0.39, 0.29) is 0 Å². The molecule has 4 heterocycles. The molecule has 3 aromatic heterocycles. The first-order valence-electron chi connectivity index (χ1n) is 12.6. The second-order valence-corrected chi connectivity index (χ2v) is 13.0. The van der Waals surface area contributed by atoms with Crippen LogP contribution in [0.25, 0.3) is 20.4 Å². The van der Waals surface area contributed by atoms with Gasteiger partial charge in [-0.15, -0.1) is 22.7 Å². The molecular formula is C26H26N6O2S4. The molecule has 0 aliphatic carbocycles. The zero-order chi connectivity index (χ0) is 25.9. The van der Waals surface area contributed by atoms with Crippen molar-refractivity contribution in [3.63, 3.8) is 0 Å². The molecule has 1 saturated heterocycles. The van der Waals surface area contributed by atoms with Crippen molar-refractivity contribution >= 4 is 72.6 Å². The summed E-state index contributed by atoms with van der Waals surface area (Å²) in [6, 6.07) is 12.0. The largest absolute Gasteiger partial charge is 0.494 e. The fourth-order valence-corrected chi connectivity index (χ4v) is 8.13. The number of fused-ring (bicyclic) bond motifs is 2. The summed E-state index contributed by atoms with van der Waals surface area (Å²) in [5.74, 6) is 2.44. The van der Waals surface area contributed by atoms with Crippen LogP contribution in [0.2, 0.25) is 0 Å². The van der Waals surface area contributed by atoms with E-state index in [2.05, 4.69) is 4.90 Å². The number of thiazole rings is 2. The molecule has 0 bridgehead atoms. The molecule has 0 saturated carbocycles. The first kappa shape index (κ1) is 25.6. The van der Waals surface area contributed by atoms with E-state index in [1.807, 2.05) is 50.2 Å². The maximum absolute atomic E-state index is 5.66. The summed E-state index contributed by atoms with van der Waals surface area (Å²) >= 11 is 6.20. The monoisotopic (exact) mass is 582 g/mol. The molecular weight excluding hydrogens is 557 g/mol. The van der Waals surface area contributed by atoms with E-state index in [9.17, 15) is 0 Å². The summed E-state index contributed by atoms with van der Waals surface area (Å²) in [4.78, 5) is 26.4. The summed E-state index contributed by atoms with van der Waals surface area (Å²) in [6.45, 7) is 7.17. The second kappa shape index (κ2) is 11.6. The number of hydrogen-bond donors (Lipinski definition) is 0. The Labute approximate surface area is 237 Å². The summed E-state index contributed by atoms with van der Waals surface area (Å²) in [6.07, 6.45) is 3.54. The van der Waals surface area contributed by atoms with Crippen LogP contribution < -0.4 is 14.4 Å². The van der Waals surface area contributed by atoms with Gasteiger partial charge in [0.15, 0.2) is 8.68 Å². The molecule has 196 valence electrons. The number of aromatic nitrogens is 5. The molecule has 12 heteroatoms. The van der Waals surface area contributed by atoms with E-state index in [0.29, 0.717) is 23.5 Å². The van der Waals surface area contributed by atoms with Gasteiger partial charge in [0.25, 0.3) is 0 Å². The maximum atomic E-state index is 5.66. The number of rotatable bonds is 9. The van der Waals surface area contributed by atoms with Gasteiger partial charge in [-0.1, -0.05) is 0 Å². The predicted octanol–water partition coefficient (Wildman–Crippen LogP) is 7.18. The van der Waals surface area contributed by atoms with Crippen LogP contribution >= 0.6 is 46.2 Å². The number of anilines is 1. The Morgan fingerprint density at radius 2 is 1.24 bits per heavy atom. The van der Waals surface area contributed by atoms with E-state index in [1.54, 1.807) is 22.7 Å². The lowest BCUT2D eigenvalue weighted by atomic mass is 10.1. The number of piperidine rings is 1. The van der Waals surface area contributed by atoms with Crippen LogP contribution in [0.1, 0.15) is 33.1 Å². The zero-order valence-corrected chi connectivity index (χ0v) is 24.3. The molecule has 0 unspecified atom stereocenters. The highest BCUT2D eigenvalue weighted by atomic mass is 32.2. The molecule has 0 N–H and O–H groups in total. The molecule has 0 radical (unpaired) electrons. The molecule has 5 aromatic rings. The van der Waals surface area contributed by atoms with Gasteiger partial charge in [0.1, 0.15) is 11.5 Å². The summed E-state index contributed by atoms with van der Waals surface area (Å²) in [5.41, 5.74) is 1.89. The van der Waals surface area contributed by atoms with Gasteiger partial charge in [-0.2, -0.15) is 15.0 Å². The van der Waals surface area contributed by atoms with Gasteiger partial charge in [0, 0.05) is 13.1 Å². The average molecular weight is 583 g/mol. The Hall–Kier alpha value is -2.67. The first-order valence-corrected chi connectivity index (χ1v) is 15.9. The number of nitrogens with zero attached hydrogens (tertiary/aromatic N) is 6. The molecule has 1 aliphatic heterocycles. The first-order chi connectivity index (χ1) is 18.7. The highest BCUT2D eigenvalue weighted by Crippen LogP contribution is 2.38. The van der Waals surface area contributed by atoms with Gasteiger partial charge in [-0.05, 0) is 93.0 Å². The van der Waals surface area contributed by atoms with Crippen LogP contribution in [-0.2, 0) is 0 Å². The van der Waals surface area contributed by atoms with Crippen LogP contribution in [0.5, 0.6) is 11.5 Å². The van der Waals surface area contributed by atoms with Gasteiger partial charge < -0.3 is 14.4 Å². The van der Waals surface area contributed by atoms with Gasteiger partial charge in [0.05, 0.1) is 33.6 Å². The Balaban J connectivity index is 1.30. The average Bonchev–Trinajstić information content (AvgIpc) is 3.51. The highest BCUT2D eigenvalue weighted by molar-refractivity contribution is 8.01. The summed E-state index contributed by atoms with van der Waals surface area (Å²) < 4.78 is 15.3. The van der Waals surface area contributed by atoms with Crippen molar-refractivity contribution in [2.24, 2.45) is 0 Å². The van der Waals surface area contributed by atoms with Crippen LogP contribution in [0.3, 0.4) is 0 Å². The van der Waals surface area contributed by atoms with Crippen LogP contribution in [0.4, 0.5) is 5.95 Å². The minimum atomic E-state index is 0.638. The molecule has 8 nitrogen and oxygen atoms in total. The van der Waals surface area contributed by atoms with Crippen molar-refractivity contribution < 1.29 is 9.47 Å². The molecule has 1 aliphatic rings. The topological polar surface area (TPSA) is 86.2 Å². The number of hydrogen-bond acceptors (Lipinski definition) is 12. The van der Waals surface area contributed by atoms with Gasteiger partial charge in [-0.3, -0.25) is 0 Å². The Morgan fingerprint density at radius 3 is 1.74 bits per heavy atom. The smallest absolute Gasteiger partial charge is 0.230 e. The molecule has 2 aromatic carbocycles. The van der Waals surface area contributed by atoms with E-state index < -0.39 is 0 Å². The summed E-state index contributed by atoms with van der Waals surface area (Å²) in [5, 5.41) is 1.29. The normalized spacial score (nSPS) is 13.9. The van der Waals surface area contributed by atoms with Crippen LogP contribution in [0, 0.1) is 0 Å². The van der Waals surface area contributed by atoms with Gasteiger partial charge in [0.2, 0.25) is 16.3 Å². The van der Waals surface area contributed by atoms with Crippen molar-refractivity contribution in [1.29, 1.82) is 0 Å². The SMILES string of the molecule is CCOc1ccc2nc(Sc3nc(Sc4nc5ccc(OCC)cc5s4)nc(N4CCCCC4)n3)sc2c1. The number of ether oxygens (including phenoxy) is 2. The molecule has 0 atom stereocenters. The molecule has 38 heavy (non-hydrogen) atoms. The lowest BCUT2D eigenvalue weighted by Gasteiger charge is -2.26. The molecule has 0 amide bonds. The van der Waals surface area contributed by atoms with Crippen LogP contribution in [0.15, 0.2) is 55.4 Å². The Bertz CT molecular complexity index is 1460. The third kappa shape index (κ3) is 5.83. The third-order valence-electron chi connectivity index (χ3n) is 5.88. The van der Waals surface area contributed by atoms with Crippen molar-refractivity contribution in [3.8, 4) is 11.5 Å². The lowest BCUT2D eigenvalue weighted by molar-refractivity contribution is 0.340. The summed E-state index contributed by atoms with van der Waals surface area (Å²) in [7, 11) is 0. The fraction of sp³-hybridized carbons (Fsp3) is 0.346. The van der Waals surface area contributed by atoms with E-state index >= 15 is 0 Å². The van der Waals surface area contributed by atoms with E-state index in [0.717, 1.165) is 72.5 Å². The van der Waals surface area contributed by atoms with Gasteiger partial charge in [-0.25, -0.2) is 9.97 Å². The standard InChI is InChI=1S/C26H26N6O2S4/c1-3-33-16-8-10-18-20(14-16)35-25(27-18)37-23-29-22(32-12-6-5-7-13-32)30-24(31-23)38-26-28-19-11-9-17(34-4-2)15-21(19)36-26/h8-11,14-15H,3-7,12-13H2,1-2H3. The van der Waals surface area contributed by atoms with Crippen molar-refractivity contribution in [3.05, 3.63) is 36.4 Å². The fourth-order valence-electron chi connectivity index (χ4n) is 4.18. The highest BCUT2D eigenvalue weighted by Gasteiger charge is 2.19. The van der Waals surface area contributed by atoms with Crippen molar-refractivity contribution in [1.82, 2.24) is 24.9 Å². The molecule has 0 spiro atoms. The minimum absolute atomic E-state index is 0.638. The van der Waals surface area contributed by atoms with Gasteiger partial charge >= 0.3 is 0 Å². The van der Waals surface area contributed by atoms with Crippen molar-refractivity contribution in [2.75, 3.05) is 31.2 Å². The van der Waals surface area contributed by atoms with Crippen LogP contribution in [-0.4, -0.2) is 51.2 Å². The lowest BCUT2D eigenvalue weighted by Crippen LogP contribution is -2.31. The Morgan fingerprint density at radius 1 is 0.711 bits per heavy atom. The Kier molecular flexibility index (Phi) is 7.82. The van der Waals surface area contributed by atoms with E-state index in [1.165, 1.54) is 29.9 Å². The molecule has 1 fully saturated rings. The maximum Gasteiger partial charge on any atom is 0.230 e. The minimum Gasteiger partial charge on any atom is -0.494 e. The number of benzene rings is 2. The zero-order valence-electron chi connectivity index (χ0n) is 21.0. The second-order valence-electron chi connectivity index (χ2n) is 8.54.